The van der Waals surface area contributed by atoms with E-state index >= 15 is 0 Å². The van der Waals surface area contributed by atoms with E-state index in [1.807, 2.05) is 7.05 Å². The van der Waals surface area contributed by atoms with Gasteiger partial charge in [-0.25, -0.2) is 0 Å². The normalized spacial score (nSPS) is 31.4. The summed E-state index contributed by atoms with van der Waals surface area (Å²) in [5.74, 6) is 1.11. The fourth-order valence-corrected chi connectivity index (χ4v) is 4.50. The highest BCUT2D eigenvalue weighted by Crippen LogP contribution is 2.47. The Morgan fingerprint density at radius 3 is 2.52 bits per heavy atom. The van der Waals surface area contributed by atoms with Crippen molar-refractivity contribution >= 4 is 5.96 Å². The largest absolute Gasteiger partial charge is 0.373 e. The predicted octanol–water partition coefficient (Wildman–Crippen LogP) is 1.94. The molecule has 1 spiro atoms. The van der Waals surface area contributed by atoms with Crippen molar-refractivity contribution in [2.24, 2.45) is 10.4 Å². The average Bonchev–Trinajstić information content (AvgIpc) is 2.92. The number of nitrogens with one attached hydrogen (secondary N) is 1. The molecule has 2 unspecified atom stereocenters. The van der Waals surface area contributed by atoms with Crippen LogP contribution in [0.2, 0.25) is 0 Å². The lowest BCUT2D eigenvalue weighted by Crippen LogP contribution is -2.46. The van der Waals surface area contributed by atoms with Gasteiger partial charge in [-0.15, -0.1) is 0 Å². The van der Waals surface area contributed by atoms with E-state index in [-0.39, 0.29) is 0 Å². The molecule has 2 saturated heterocycles. The van der Waals surface area contributed by atoms with Gasteiger partial charge in [0.2, 0.25) is 0 Å². The highest BCUT2D eigenvalue weighted by molar-refractivity contribution is 5.80. The minimum atomic E-state index is 0.364. The molecule has 132 valence electrons. The van der Waals surface area contributed by atoms with E-state index in [4.69, 9.17) is 4.74 Å². The molecule has 0 aromatic rings. The molecule has 2 heterocycles. The van der Waals surface area contributed by atoms with E-state index < -0.39 is 0 Å². The first-order valence-electron chi connectivity index (χ1n) is 9.44. The molecule has 23 heavy (non-hydrogen) atoms. The summed E-state index contributed by atoms with van der Waals surface area (Å²) < 4.78 is 5.80. The summed E-state index contributed by atoms with van der Waals surface area (Å²) in [6.45, 7) is 11.0. The number of hydrogen-bond acceptors (Lipinski definition) is 3. The van der Waals surface area contributed by atoms with E-state index in [0.717, 1.165) is 38.6 Å². The third kappa shape index (κ3) is 4.18. The van der Waals surface area contributed by atoms with Crippen LogP contribution in [0.1, 0.15) is 46.0 Å². The summed E-state index contributed by atoms with van der Waals surface area (Å²) in [6, 6.07) is 0. The van der Waals surface area contributed by atoms with Crippen molar-refractivity contribution in [2.45, 2.75) is 58.2 Å². The molecule has 2 atom stereocenters. The van der Waals surface area contributed by atoms with E-state index in [2.05, 4.69) is 34.0 Å². The highest BCUT2D eigenvalue weighted by Gasteiger charge is 2.43. The first kappa shape index (κ1) is 17.0. The van der Waals surface area contributed by atoms with Crippen LogP contribution in [0, 0.1) is 5.41 Å². The van der Waals surface area contributed by atoms with E-state index in [0.29, 0.717) is 17.6 Å². The third-order valence-electron chi connectivity index (χ3n) is 5.79. The number of likely N-dealkylation sites (tertiary alicyclic amines) is 1. The number of ether oxygens (including phenoxy) is 1. The molecule has 1 saturated carbocycles. The lowest BCUT2D eigenvalue weighted by Gasteiger charge is -2.38. The second kappa shape index (κ2) is 7.39. The van der Waals surface area contributed by atoms with Crippen molar-refractivity contribution in [1.82, 2.24) is 15.1 Å². The number of hydrogen-bond donors (Lipinski definition) is 1. The number of aliphatic imine (C=N–C) groups is 1. The van der Waals surface area contributed by atoms with Crippen molar-refractivity contribution in [3.8, 4) is 0 Å². The topological polar surface area (TPSA) is 40.1 Å². The summed E-state index contributed by atoms with van der Waals surface area (Å²) >= 11 is 0. The van der Waals surface area contributed by atoms with Gasteiger partial charge in [-0.1, -0.05) is 6.42 Å². The van der Waals surface area contributed by atoms with Crippen LogP contribution in [-0.2, 0) is 4.74 Å². The van der Waals surface area contributed by atoms with Crippen molar-refractivity contribution in [2.75, 3.05) is 46.3 Å². The third-order valence-corrected chi connectivity index (χ3v) is 5.79. The van der Waals surface area contributed by atoms with E-state index in [1.54, 1.807) is 0 Å². The van der Waals surface area contributed by atoms with Crippen molar-refractivity contribution in [3.05, 3.63) is 0 Å². The first-order valence-corrected chi connectivity index (χ1v) is 9.44. The molecule has 1 aliphatic carbocycles. The van der Waals surface area contributed by atoms with Gasteiger partial charge in [0.15, 0.2) is 5.96 Å². The van der Waals surface area contributed by atoms with Crippen LogP contribution >= 0.6 is 0 Å². The second-order valence-electron chi connectivity index (χ2n) is 7.87. The van der Waals surface area contributed by atoms with Crippen LogP contribution in [0.5, 0.6) is 0 Å². The zero-order valence-electron chi connectivity index (χ0n) is 15.2. The van der Waals surface area contributed by atoms with Gasteiger partial charge in [0.1, 0.15) is 0 Å². The van der Waals surface area contributed by atoms with Crippen LogP contribution in [0.4, 0.5) is 0 Å². The summed E-state index contributed by atoms with van der Waals surface area (Å²) in [5, 5.41) is 3.58. The SMILES string of the molecule is CN=C(NCCCN1CC(C)OC(C)C1)N1CCC2(CCC2)C1. The fraction of sp³-hybridized carbons (Fsp3) is 0.944. The maximum atomic E-state index is 5.80. The Hall–Kier alpha value is -0.810. The van der Waals surface area contributed by atoms with Gasteiger partial charge in [-0.3, -0.25) is 9.89 Å². The summed E-state index contributed by atoms with van der Waals surface area (Å²) in [4.78, 5) is 9.50. The first-order chi connectivity index (χ1) is 11.1. The van der Waals surface area contributed by atoms with Crippen LogP contribution in [-0.4, -0.2) is 74.3 Å². The maximum Gasteiger partial charge on any atom is 0.193 e. The van der Waals surface area contributed by atoms with Crippen molar-refractivity contribution in [1.29, 1.82) is 0 Å². The lowest BCUT2D eigenvalue weighted by atomic mass is 9.68. The molecule has 5 heteroatoms. The Morgan fingerprint density at radius 1 is 1.22 bits per heavy atom. The molecule has 1 N–H and O–H groups in total. The van der Waals surface area contributed by atoms with Gasteiger partial charge in [0, 0.05) is 46.3 Å². The Balaban J connectivity index is 1.36. The molecule has 0 radical (unpaired) electrons. The maximum absolute atomic E-state index is 5.80. The fourth-order valence-electron chi connectivity index (χ4n) is 4.50. The number of guanidine groups is 1. The molecule has 0 aromatic heterocycles. The molecule has 0 aromatic carbocycles. The lowest BCUT2D eigenvalue weighted by molar-refractivity contribution is -0.0679. The highest BCUT2D eigenvalue weighted by atomic mass is 16.5. The monoisotopic (exact) mass is 322 g/mol. The van der Waals surface area contributed by atoms with E-state index in [9.17, 15) is 0 Å². The number of nitrogens with zero attached hydrogens (tertiary/aromatic N) is 3. The van der Waals surface area contributed by atoms with Crippen molar-refractivity contribution < 1.29 is 4.74 Å². The summed E-state index contributed by atoms with van der Waals surface area (Å²) in [5.41, 5.74) is 0.637. The second-order valence-corrected chi connectivity index (χ2v) is 7.87. The molecule has 3 rings (SSSR count). The van der Waals surface area contributed by atoms with Gasteiger partial charge in [0.05, 0.1) is 12.2 Å². The summed E-state index contributed by atoms with van der Waals surface area (Å²) in [6.07, 6.45) is 7.53. The van der Waals surface area contributed by atoms with Gasteiger partial charge >= 0.3 is 0 Å². The standard InChI is InChI=1S/C18H34N4O/c1-15-12-21(13-16(2)23-15)10-5-9-20-17(19-3)22-11-8-18(14-22)6-4-7-18/h15-16H,4-14H2,1-3H3,(H,19,20). The Bertz CT molecular complexity index is 411. The van der Waals surface area contributed by atoms with Gasteiger partial charge in [-0.2, -0.15) is 0 Å². The molecule has 0 bridgehead atoms. The number of rotatable bonds is 4. The quantitative estimate of drug-likeness (QED) is 0.488. The minimum absolute atomic E-state index is 0.364. The Morgan fingerprint density at radius 2 is 1.96 bits per heavy atom. The zero-order valence-corrected chi connectivity index (χ0v) is 15.2. The van der Waals surface area contributed by atoms with Crippen LogP contribution < -0.4 is 5.32 Å². The van der Waals surface area contributed by atoms with Gasteiger partial charge in [0.25, 0.3) is 0 Å². The molecule has 2 aliphatic heterocycles. The van der Waals surface area contributed by atoms with Gasteiger partial charge in [-0.05, 0) is 44.9 Å². The summed E-state index contributed by atoms with van der Waals surface area (Å²) in [7, 11) is 1.92. The molecular weight excluding hydrogens is 288 g/mol. The average molecular weight is 322 g/mol. The number of morpholine rings is 1. The van der Waals surface area contributed by atoms with Crippen LogP contribution in [0.25, 0.3) is 0 Å². The smallest absolute Gasteiger partial charge is 0.193 e. The minimum Gasteiger partial charge on any atom is -0.373 e. The molecule has 5 nitrogen and oxygen atoms in total. The molecule has 3 fully saturated rings. The van der Waals surface area contributed by atoms with Crippen LogP contribution in [0.3, 0.4) is 0 Å². The molecular formula is C18H34N4O. The van der Waals surface area contributed by atoms with E-state index in [1.165, 1.54) is 38.8 Å². The Labute approximate surface area is 141 Å². The van der Waals surface area contributed by atoms with Crippen molar-refractivity contribution in [3.63, 3.8) is 0 Å². The Kier molecular flexibility index (Phi) is 5.47. The zero-order chi connectivity index (χ0) is 16.3. The van der Waals surface area contributed by atoms with Crippen LogP contribution in [0.15, 0.2) is 4.99 Å². The molecule has 0 amide bonds. The van der Waals surface area contributed by atoms with Gasteiger partial charge < -0.3 is 15.0 Å². The predicted molar refractivity (Wildman–Crippen MR) is 94.9 cm³/mol. The molecule has 3 aliphatic rings.